The third-order valence-electron chi connectivity index (χ3n) is 8.26. The summed E-state index contributed by atoms with van der Waals surface area (Å²) < 4.78 is 11.9. The molecule has 3 aliphatic rings. The molecule has 3 fully saturated rings. The van der Waals surface area contributed by atoms with Crippen molar-refractivity contribution < 1.29 is 29.0 Å². The fourth-order valence-electron chi connectivity index (χ4n) is 6.58. The highest BCUT2D eigenvalue weighted by Gasteiger charge is 2.77. The molecule has 3 aliphatic heterocycles. The summed E-state index contributed by atoms with van der Waals surface area (Å²) in [7, 11) is 0. The van der Waals surface area contributed by atoms with Crippen LogP contribution in [0.1, 0.15) is 40.0 Å². The van der Waals surface area contributed by atoms with Gasteiger partial charge in [0, 0.05) is 49.0 Å². The number of unbranched alkanes of at least 4 members (excludes halogenated alkanes) is 1. The van der Waals surface area contributed by atoms with E-state index in [1.807, 2.05) is 24.3 Å². The van der Waals surface area contributed by atoms with Crippen molar-refractivity contribution in [3.8, 4) is 0 Å². The summed E-state index contributed by atoms with van der Waals surface area (Å²) >= 11 is 3.67. The van der Waals surface area contributed by atoms with Gasteiger partial charge in [0.15, 0.2) is 0 Å². The Kier molecular flexibility index (Phi) is 9.39. The van der Waals surface area contributed by atoms with Crippen LogP contribution in [-0.2, 0) is 23.9 Å². The molecule has 3 heterocycles. The topological polar surface area (TPSA) is 99.6 Å². The molecule has 1 unspecified atom stereocenters. The van der Waals surface area contributed by atoms with E-state index in [4.69, 9.17) is 9.47 Å². The normalized spacial score (nSPS) is 28.9. The van der Waals surface area contributed by atoms with Gasteiger partial charge in [-0.05, 0) is 64.3 Å². The van der Waals surface area contributed by atoms with Gasteiger partial charge in [0.05, 0.1) is 24.5 Å². The monoisotopic (exact) mass is 605 g/mol. The lowest BCUT2D eigenvalue weighted by Gasteiger charge is -2.37. The van der Waals surface area contributed by atoms with Crippen molar-refractivity contribution in [3.05, 3.63) is 36.9 Å². The quantitative estimate of drug-likeness (QED) is 0.160. The summed E-state index contributed by atoms with van der Waals surface area (Å²) in [5.41, 5.74) is 0.611. The minimum Gasteiger partial charge on any atom is -0.466 e. The van der Waals surface area contributed by atoms with Crippen molar-refractivity contribution >= 4 is 45.1 Å². The lowest BCUT2D eigenvalue weighted by atomic mass is 9.70. The fourth-order valence-corrected chi connectivity index (χ4v) is 7.53. The molecule has 1 spiro atoms. The van der Waals surface area contributed by atoms with Gasteiger partial charge in [-0.1, -0.05) is 22.0 Å². The molecule has 1 aromatic rings. The average Bonchev–Trinajstić information content (AvgIpc) is 3.52. The Balaban J connectivity index is 1.73. The lowest BCUT2D eigenvalue weighted by molar-refractivity contribution is -0.154. The summed E-state index contributed by atoms with van der Waals surface area (Å²) in [5.74, 6) is -2.58. The van der Waals surface area contributed by atoms with Gasteiger partial charge in [-0.15, -0.1) is 6.58 Å². The van der Waals surface area contributed by atoms with Gasteiger partial charge in [-0.3, -0.25) is 14.4 Å². The van der Waals surface area contributed by atoms with Gasteiger partial charge >= 0.3 is 5.97 Å². The molecule has 4 rings (SSSR count). The van der Waals surface area contributed by atoms with E-state index in [1.165, 1.54) is 0 Å². The standard InChI is InChI=1S/C29H40BrN3O6/c1-5-15-32(20-13-11-19(12-14-20)31(6-2)7-3)27(36)25-29-18-21(30)24(39-29)22(28(37)38-8-4)23(29)26(35)33(25)16-9-10-17-34/h5,11-14,21-25,34H,1,6-10,15-18H2,2-4H3/t21?,22-,23+,24-,25-,29+/m1/s1. The first kappa shape index (κ1) is 29.6. The van der Waals surface area contributed by atoms with E-state index >= 15 is 0 Å². The van der Waals surface area contributed by atoms with Gasteiger partial charge in [0.2, 0.25) is 5.91 Å². The molecule has 2 amide bonds. The minimum absolute atomic E-state index is 0.00973. The highest BCUT2D eigenvalue weighted by atomic mass is 79.9. The zero-order valence-corrected chi connectivity index (χ0v) is 24.6. The van der Waals surface area contributed by atoms with Crippen molar-refractivity contribution in [2.75, 3.05) is 49.2 Å². The van der Waals surface area contributed by atoms with Crippen molar-refractivity contribution in [2.24, 2.45) is 11.8 Å². The number of hydrogen-bond acceptors (Lipinski definition) is 7. The lowest BCUT2D eigenvalue weighted by Crippen LogP contribution is -2.57. The molecule has 3 saturated heterocycles. The number of aliphatic hydroxyl groups excluding tert-OH is 1. The Hall–Kier alpha value is -2.43. The number of alkyl halides is 1. The van der Waals surface area contributed by atoms with E-state index in [-0.39, 0.29) is 42.9 Å². The molecular weight excluding hydrogens is 566 g/mol. The third kappa shape index (κ3) is 5.11. The number of aliphatic hydroxyl groups is 1. The van der Waals surface area contributed by atoms with Crippen LogP contribution in [0.3, 0.4) is 0 Å². The van der Waals surface area contributed by atoms with Crippen LogP contribution in [0.5, 0.6) is 0 Å². The Morgan fingerprint density at radius 2 is 1.87 bits per heavy atom. The largest absolute Gasteiger partial charge is 0.466 e. The van der Waals surface area contributed by atoms with E-state index in [0.717, 1.165) is 18.8 Å². The number of carbonyl (C=O) groups is 3. The molecule has 0 aromatic heterocycles. The smallest absolute Gasteiger partial charge is 0.312 e. The van der Waals surface area contributed by atoms with Crippen LogP contribution in [0, 0.1) is 11.8 Å². The second kappa shape index (κ2) is 12.4. The number of rotatable bonds is 13. The molecule has 0 saturated carbocycles. The number of nitrogens with zero attached hydrogens (tertiary/aromatic N) is 3. The van der Waals surface area contributed by atoms with Gasteiger partial charge in [0.1, 0.15) is 11.6 Å². The van der Waals surface area contributed by atoms with Gasteiger partial charge in [-0.25, -0.2) is 0 Å². The predicted octanol–water partition coefficient (Wildman–Crippen LogP) is 3.14. The third-order valence-corrected chi connectivity index (χ3v) is 9.10. The number of carbonyl (C=O) groups excluding carboxylic acids is 3. The van der Waals surface area contributed by atoms with E-state index < -0.39 is 35.6 Å². The first-order chi connectivity index (χ1) is 18.8. The number of hydrogen-bond donors (Lipinski definition) is 1. The van der Waals surface area contributed by atoms with Crippen LogP contribution >= 0.6 is 15.9 Å². The van der Waals surface area contributed by atoms with E-state index in [9.17, 15) is 19.5 Å². The van der Waals surface area contributed by atoms with Crippen LogP contribution < -0.4 is 9.80 Å². The van der Waals surface area contributed by atoms with Crippen molar-refractivity contribution in [1.29, 1.82) is 0 Å². The summed E-state index contributed by atoms with van der Waals surface area (Å²) in [6.45, 7) is 12.3. The highest BCUT2D eigenvalue weighted by Crippen LogP contribution is 2.60. The SMILES string of the molecule is C=CCN(C(=O)[C@H]1N(CCCCO)C(=O)[C@@H]2[C@@H](C(=O)OCC)[C@@H]3O[C@@]21CC3Br)c1ccc(N(CC)CC)cc1. The molecule has 6 atom stereocenters. The van der Waals surface area contributed by atoms with E-state index in [2.05, 4.69) is 41.3 Å². The summed E-state index contributed by atoms with van der Waals surface area (Å²) in [5, 5.41) is 9.37. The van der Waals surface area contributed by atoms with Crippen molar-refractivity contribution in [2.45, 2.75) is 62.6 Å². The molecular formula is C29H40BrN3O6. The average molecular weight is 607 g/mol. The number of esters is 1. The van der Waals surface area contributed by atoms with Gasteiger partial charge in [-0.2, -0.15) is 0 Å². The Morgan fingerprint density at radius 3 is 2.46 bits per heavy atom. The number of benzene rings is 1. The van der Waals surface area contributed by atoms with Crippen LogP contribution in [0.25, 0.3) is 0 Å². The maximum Gasteiger partial charge on any atom is 0.312 e. The number of halogens is 1. The van der Waals surface area contributed by atoms with E-state index in [1.54, 1.807) is 22.8 Å². The molecule has 1 aromatic carbocycles. The van der Waals surface area contributed by atoms with Crippen molar-refractivity contribution in [1.82, 2.24) is 4.90 Å². The van der Waals surface area contributed by atoms with Gasteiger partial charge in [0.25, 0.3) is 5.91 Å². The molecule has 1 N–H and O–H groups in total. The molecule has 0 aliphatic carbocycles. The maximum absolute atomic E-state index is 14.5. The number of fused-ring (bicyclic) bond motifs is 1. The number of amides is 2. The number of anilines is 2. The van der Waals surface area contributed by atoms with Crippen molar-refractivity contribution in [3.63, 3.8) is 0 Å². The molecule has 214 valence electrons. The Morgan fingerprint density at radius 1 is 1.21 bits per heavy atom. The fraction of sp³-hybridized carbons (Fsp3) is 0.621. The van der Waals surface area contributed by atoms with E-state index in [0.29, 0.717) is 24.9 Å². The summed E-state index contributed by atoms with van der Waals surface area (Å²) in [4.78, 5) is 46.8. The Labute approximate surface area is 239 Å². The first-order valence-electron chi connectivity index (χ1n) is 14.0. The second-order valence-corrected chi connectivity index (χ2v) is 11.5. The minimum atomic E-state index is -1.15. The summed E-state index contributed by atoms with van der Waals surface area (Å²) in [6.07, 6.45) is 2.57. The van der Waals surface area contributed by atoms with Gasteiger partial charge < -0.3 is 29.3 Å². The second-order valence-electron chi connectivity index (χ2n) is 10.3. The van der Waals surface area contributed by atoms with Crippen LogP contribution in [0.2, 0.25) is 0 Å². The first-order valence-corrected chi connectivity index (χ1v) is 14.9. The zero-order chi connectivity index (χ0) is 28.3. The molecule has 10 heteroatoms. The molecule has 0 radical (unpaired) electrons. The molecule has 9 nitrogen and oxygen atoms in total. The van der Waals surface area contributed by atoms with Crippen LogP contribution in [0.15, 0.2) is 36.9 Å². The highest BCUT2D eigenvalue weighted by molar-refractivity contribution is 9.09. The van der Waals surface area contributed by atoms with Crippen LogP contribution in [0.4, 0.5) is 11.4 Å². The van der Waals surface area contributed by atoms with Crippen LogP contribution in [-0.4, -0.2) is 89.8 Å². The predicted molar refractivity (Wildman–Crippen MR) is 153 cm³/mol. The Bertz CT molecular complexity index is 1060. The zero-order valence-electron chi connectivity index (χ0n) is 23.1. The number of ether oxygens (including phenoxy) is 2. The molecule has 39 heavy (non-hydrogen) atoms. The maximum atomic E-state index is 14.5. The number of likely N-dealkylation sites (tertiary alicyclic amines) is 1. The molecule has 2 bridgehead atoms. The summed E-state index contributed by atoms with van der Waals surface area (Å²) in [6, 6.07) is 6.90.